The van der Waals surface area contributed by atoms with Gasteiger partial charge in [-0.1, -0.05) is 46.9 Å². The molecule has 0 aromatic rings. The van der Waals surface area contributed by atoms with Gasteiger partial charge in [0, 0.05) is 0 Å². The largest absolute Gasteiger partial charge is 0.391 e. The molecule has 0 N–H and O–H groups in total. The summed E-state index contributed by atoms with van der Waals surface area (Å²) in [7, 11) is 0. The first-order valence-electron chi connectivity index (χ1n) is 3.45. The molecule has 1 heterocycles. The number of hydrogen-bond donors (Lipinski definition) is 0. The van der Waals surface area contributed by atoms with Gasteiger partial charge in [0.2, 0.25) is 0 Å². The molecule has 1 saturated heterocycles. The van der Waals surface area contributed by atoms with Crippen molar-refractivity contribution in [1.29, 1.82) is 0 Å². The Bertz CT molecular complexity index is 318. The average molecular weight is 276 g/mol. The highest BCUT2D eigenvalue weighted by atomic mass is 127. The minimum atomic E-state index is -0.788. The number of ether oxygens (including phenoxy) is 1. The highest BCUT2D eigenvalue weighted by molar-refractivity contribution is 14.1. The molecule has 2 rings (SSSR count). The van der Waals surface area contributed by atoms with Crippen molar-refractivity contribution in [3.63, 3.8) is 0 Å². The minimum Gasteiger partial charge on any atom is -0.391 e. The van der Waals surface area contributed by atoms with Gasteiger partial charge >= 0.3 is 11.9 Å². The van der Waals surface area contributed by atoms with Crippen LogP contribution in [-0.4, -0.2) is 15.4 Å². The van der Waals surface area contributed by atoms with E-state index in [0.29, 0.717) is 0 Å². The third kappa shape index (κ3) is 0.872. The van der Waals surface area contributed by atoms with Crippen LogP contribution in [0.4, 0.5) is 0 Å². The summed E-state index contributed by atoms with van der Waals surface area (Å²) in [5.41, 5.74) is 0. The summed E-state index contributed by atoms with van der Waals surface area (Å²) in [4.78, 5) is 22.3. The van der Waals surface area contributed by atoms with Gasteiger partial charge in [0.1, 0.15) is 5.92 Å². The number of carbonyl (C=O) groups is 2. The maximum atomic E-state index is 11.2. The quantitative estimate of drug-likeness (QED) is 0.287. The Hall–Kier alpha value is -0.650. The topological polar surface area (TPSA) is 43.4 Å². The molecule has 4 heteroatoms. The number of carbonyl (C=O) groups excluding carboxylic acids is 2. The average Bonchev–Trinajstić information content (AvgIpc) is 2.25. The van der Waals surface area contributed by atoms with Gasteiger partial charge in [-0.3, -0.25) is 4.79 Å². The second-order valence-electron chi connectivity index (χ2n) is 2.70. The summed E-state index contributed by atoms with van der Waals surface area (Å²) in [6.45, 7) is 0. The first-order valence-corrected chi connectivity index (χ1v) is 4.53. The van der Waals surface area contributed by atoms with Crippen molar-refractivity contribution < 1.29 is 14.3 Å². The Morgan fingerprint density at radius 3 is 2.83 bits per heavy atom. The molecule has 2 unspecified atom stereocenters. The molecule has 3 nitrogen and oxygen atoms in total. The van der Waals surface area contributed by atoms with Gasteiger partial charge in [-0.15, -0.1) is 0 Å². The molecule has 0 radical (unpaired) electrons. The van der Waals surface area contributed by atoms with E-state index in [1.54, 1.807) is 24.3 Å². The number of esters is 2. The van der Waals surface area contributed by atoms with Crippen molar-refractivity contribution in [3.8, 4) is 0 Å². The lowest BCUT2D eigenvalue weighted by molar-refractivity contribution is -0.152. The van der Waals surface area contributed by atoms with E-state index in [2.05, 4.69) is 4.74 Å². The fraction of sp³-hybridized carbons (Fsp3) is 0.250. The molecule has 1 fully saturated rings. The van der Waals surface area contributed by atoms with Crippen LogP contribution in [0, 0.1) is 5.92 Å². The number of hydrogen-bond acceptors (Lipinski definition) is 3. The molecule has 2 atom stereocenters. The number of fused-ring (bicyclic) bond motifs is 1. The van der Waals surface area contributed by atoms with Crippen LogP contribution < -0.4 is 0 Å². The molecule has 0 amide bonds. The van der Waals surface area contributed by atoms with Crippen LogP contribution in [0.5, 0.6) is 0 Å². The fourth-order valence-electron chi connectivity index (χ4n) is 1.29. The molecule has 0 saturated carbocycles. The summed E-state index contributed by atoms with van der Waals surface area (Å²) in [5, 5.41) is 0. The van der Waals surface area contributed by atoms with E-state index in [1.807, 2.05) is 22.6 Å². The lowest BCUT2D eigenvalue weighted by atomic mass is 9.91. The summed E-state index contributed by atoms with van der Waals surface area (Å²) in [6, 6.07) is 0. The van der Waals surface area contributed by atoms with Gasteiger partial charge in [0.15, 0.2) is 3.42 Å². The van der Waals surface area contributed by atoms with Crippen LogP contribution in [0.25, 0.3) is 0 Å². The monoisotopic (exact) mass is 276 g/mol. The van der Waals surface area contributed by atoms with Crippen LogP contribution >= 0.6 is 22.6 Å². The predicted molar refractivity (Wildman–Crippen MR) is 49.6 cm³/mol. The lowest BCUT2D eigenvalue weighted by Crippen LogP contribution is -2.32. The minimum absolute atomic E-state index is 0.435. The van der Waals surface area contributed by atoms with Gasteiger partial charge < -0.3 is 4.74 Å². The van der Waals surface area contributed by atoms with Gasteiger partial charge in [-0.2, -0.15) is 0 Å². The number of rotatable bonds is 0. The van der Waals surface area contributed by atoms with Crippen molar-refractivity contribution in [2.75, 3.05) is 0 Å². The Labute approximate surface area is 82.6 Å². The smallest absolute Gasteiger partial charge is 0.334 e. The zero-order valence-electron chi connectivity index (χ0n) is 5.99. The normalized spacial score (nSPS) is 38.2. The molecule has 1 aliphatic heterocycles. The zero-order valence-corrected chi connectivity index (χ0v) is 8.15. The Balaban J connectivity index is 2.49. The second-order valence-corrected chi connectivity index (χ2v) is 4.48. The van der Waals surface area contributed by atoms with Crippen molar-refractivity contribution in [2.45, 2.75) is 3.42 Å². The molecule has 0 spiro atoms. The first kappa shape index (κ1) is 7.97. The highest BCUT2D eigenvalue weighted by Crippen LogP contribution is 2.40. The van der Waals surface area contributed by atoms with E-state index in [-0.39, 0.29) is 0 Å². The highest BCUT2D eigenvalue weighted by Gasteiger charge is 2.54. The molecular formula is C8H5IO3. The van der Waals surface area contributed by atoms with Crippen LogP contribution in [0.2, 0.25) is 0 Å². The van der Waals surface area contributed by atoms with Crippen LogP contribution in [-0.2, 0) is 14.3 Å². The number of halogens is 1. The summed E-state index contributed by atoms with van der Waals surface area (Å²) in [5.74, 6) is -1.34. The van der Waals surface area contributed by atoms with Gasteiger partial charge in [0.25, 0.3) is 0 Å². The first-order chi connectivity index (χ1) is 5.64. The predicted octanol–water partition coefficient (Wildman–Crippen LogP) is 0.986. The second kappa shape index (κ2) is 2.42. The molecule has 12 heavy (non-hydrogen) atoms. The van der Waals surface area contributed by atoms with E-state index in [9.17, 15) is 9.59 Å². The number of cyclic esters (lactones) is 2. The zero-order chi connectivity index (χ0) is 8.77. The molecule has 0 aromatic carbocycles. The molecule has 0 bridgehead atoms. The SMILES string of the molecule is O=C1OC(=O)C2(I)C=CC=CC12. The maximum absolute atomic E-state index is 11.2. The lowest BCUT2D eigenvalue weighted by Gasteiger charge is -2.18. The summed E-state index contributed by atoms with van der Waals surface area (Å²) < 4.78 is 3.74. The van der Waals surface area contributed by atoms with Gasteiger partial charge in [-0.25, -0.2) is 4.79 Å². The number of allylic oxidation sites excluding steroid dienone is 2. The molecule has 1 aliphatic carbocycles. The number of alkyl halides is 1. The van der Waals surface area contributed by atoms with E-state index in [1.165, 1.54) is 0 Å². The van der Waals surface area contributed by atoms with Crippen LogP contribution in [0.15, 0.2) is 24.3 Å². The van der Waals surface area contributed by atoms with E-state index >= 15 is 0 Å². The molecule has 62 valence electrons. The van der Waals surface area contributed by atoms with Crippen LogP contribution in [0.3, 0.4) is 0 Å². The molecular weight excluding hydrogens is 271 g/mol. The Morgan fingerprint density at radius 2 is 2.17 bits per heavy atom. The van der Waals surface area contributed by atoms with E-state index in [0.717, 1.165) is 0 Å². The fourth-order valence-corrected chi connectivity index (χ4v) is 2.07. The third-order valence-corrected chi connectivity index (χ3v) is 3.44. The Morgan fingerprint density at radius 1 is 1.42 bits per heavy atom. The van der Waals surface area contributed by atoms with Crippen molar-refractivity contribution >= 4 is 34.5 Å². The van der Waals surface area contributed by atoms with Gasteiger partial charge in [-0.05, 0) is 0 Å². The maximum Gasteiger partial charge on any atom is 0.334 e. The summed E-state index contributed by atoms with van der Waals surface area (Å²) in [6.07, 6.45) is 6.90. The van der Waals surface area contributed by atoms with Crippen molar-refractivity contribution in [3.05, 3.63) is 24.3 Å². The van der Waals surface area contributed by atoms with E-state index in [4.69, 9.17) is 0 Å². The molecule has 2 aliphatic rings. The summed E-state index contributed by atoms with van der Waals surface area (Å²) >= 11 is 1.95. The Kier molecular flexibility index (Phi) is 1.61. The van der Waals surface area contributed by atoms with Crippen molar-refractivity contribution in [2.24, 2.45) is 5.92 Å². The standard InChI is InChI=1S/C8H5IO3/c9-8-4-2-1-3-5(8)6(10)12-7(8)11/h1-5H. The van der Waals surface area contributed by atoms with Crippen molar-refractivity contribution in [1.82, 2.24) is 0 Å². The molecule has 0 aromatic heterocycles. The van der Waals surface area contributed by atoms with Crippen LogP contribution in [0.1, 0.15) is 0 Å². The van der Waals surface area contributed by atoms with Gasteiger partial charge in [0.05, 0.1) is 0 Å². The van der Waals surface area contributed by atoms with E-state index < -0.39 is 21.3 Å². The third-order valence-electron chi connectivity index (χ3n) is 1.97.